The van der Waals surface area contributed by atoms with E-state index in [4.69, 9.17) is 34.8 Å². The summed E-state index contributed by atoms with van der Waals surface area (Å²) in [6.07, 6.45) is -4.30. The average Bonchev–Trinajstić information content (AvgIpc) is 2.61. The monoisotopic (exact) mass is 468 g/mol. The Kier molecular flexibility index (Phi) is 6.93. The number of nitrogens with zero attached hydrogens (tertiary/aromatic N) is 1. The van der Waals surface area contributed by atoms with Gasteiger partial charge < -0.3 is 10.6 Å². The summed E-state index contributed by atoms with van der Waals surface area (Å²) in [5, 5.41) is 5.78. The van der Waals surface area contributed by atoms with Gasteiger partial charge in [0.25, 0.3) is 11.8 Å². The number of anilines is 1. The number of imide groups is 1. The number of amides is 4. The van der Waals surface area contributed by atoms with E-state index < -0.39 is 40.3 Å². The van der Waals surface area contributed by atoms with Crippen molar-refractivity contribution in [3.8, 4) is 0 Å². The maximum absolute atomic E-state index is 12.6. The van der Waals surface area contributed by atoms with Crippen LogP contribution in [0.5, 0.6) is 0 Å². The molecule has 0 saturated heterocycles. The van der Waals surface area contributed by atoms with Gasteiger partial charge in [0.15, 0.2) is 0 Å². The van der Waals surface area contributed by atoms with Gasteiger partial charge in [-0.05, 0) is 18.2 Å². The molecule has 154 valence electrons. The van der Waals surface area contributed by atoms with Crippen LogP contribution in [0, 0.1) is 0 Å². The average molecular weight is 470 g/mol. The summed E-state index contributed by atoms with van der Waals surface area (Å²) in [5.74, 6) is -1.80. The van der Waals surface area contributed by atoms with Crippen LogP contribution in [0.15, 0.2) is 24.4 Å². The van der Waals surface area contributed by atoms with E-state index in [1.54, 1.807) is 0 Å². The third kappa shape index (κ3) is 5.49. The fourth-order valence-electron chi connectivity index (χ4n) is 2.08. The zero-order valence-corrected chi connectivity index (χ0v) is 16.5. The van der Waals surface area contributed by atoms with Crippen LogP contribution in [0.4, 0.5) is 23.7 Å². The van der Waals surface area contributed by atoms with Crippen molar-refractivity contribution in [2.45, 2.75) is 6.18 Å². The normalized spacial score (nSPS) is 11.0. The van der Waals surface area contributed by atoms with E-state index in [2.05, 4.69) is 15.6 Å². The second kappa shape index (κ2) is 8.85. The highest BCUT2D eigenvalue weighted by molar-refractivity contribution is 6.38. The molecule has 1 aromatic heterocycles. The number of carbonyl (C=O) groups excluding carboxylic acids is 3. The number of carbonyl (C=O) groups is 3. The van der Waals surface area contributed by atoms with Crippen LogP contribution in [-0.2, 0) is 6.18 Å². The second-order valence-electron chi connectivity index (χ2n) is 5.35. The first kappa shape index (κ1) is 22.7. The lowest BCUT2D eigenvalue weighted by molar-refractivity contribution is -0.137. The first-order valence-electron chi connectivity index (χ1n) is 7.50. The summed E-state index contributed by atoms with van der Waals surface area (Å²) in [5.41, 5.74) is -2.00. The summed E-state index contributed by atoms with van der Waals surface area (Å²) in [7, 11) is 1.34. The molecule has 0 atom stereocenters. The van der Waals surface area contributed by atoms with Gasteiger partial charge in [-0.2, -0.15) is 13.2 Å². The Morgan fingerprint density at radius 1 is 1.00 bits per heavy atom. The van der Waals surface area contributed by atoms with Crippen molar-refractivity contribution in [3.63, 3.8) is 0 Å². The number of benzene rings is 1. The Bertz CT molecular complexity index is 999. The van der Waals surface area contributed by atoms with Crippen molar-refractivity contribution in [2.75, 3.05) is 12.4 Å². The lowest BCUT2D eigenvalue weighted by Crippen LogP contribution is -2.36. The first-order valence-corrected chi connectivity index (χ1v) is 8.63. The number of aromatic nitrogens is 1. The minimum Gasteiger partial charge on any atom is -0.355 e. The molecule has 2 aromatic rings. The highest BCUT2D eigenvalue weighted by atomic mass is 35.5. The molecule has 0 unspecified atom stereocenters. The molecule has 4 amide bonds. The predicted octanol–water partition coefficient (Wildman–Crippen LogP) is 4.38. The minimum absolute atomic E-state index is 0.0849. The van der Waals surface area contributed by atoms with E-state index in [9.17, 15) is 27.6 Å². The van der Waals surface area contributed by atoms with Gasteiger partial charge in [0, 0.05) is 18.3 Å². The molecule has 0 aliphatic carbocycles. The zero-order valence-electron chi connectivity index (χ0n) is 14.2. The van der Waals surface area contributed by atoms with E-state index in [1.807, 2.05) is 5.32 Å². The number of halogens is 6. The number of nitrogens with one attached hydrogen (secondary N) is 3. The topological polar surface area (TPSA) is 100 Å². The summed E-state index contributed by atoms with van der Waals surface area (Å²) < 4.78 is 37.9. The van der Waals surface area contributed by atoms with Crippen LogP contribution in [0.2, 0.25) is 15.1 Å². The van der Waals surface area contributed by atoms with Gasteiger partial charge in [0.1, 0.15) is 5.69 Å². The Hall–Kier alpha value is -2.56. The fraction of sp³-hybridized carbons (Fsp3) is 0.125. The smallest absolute Gasteiger partial charge is 0.355 e. The Morgan fingerprint density at radius 2 is 1.66 bits per heavy atom. The molecule has 3 N–H and O–H groups in total. The zero-order chi connectivity index (χ0) is 21.9. The molecular weight excluding hydrogens is 460 g/mol. The third-order valence-corrected chi connectivity index (χ3v) is 4.18. The molecule has 1 heterocycles. The van der Waals surface area contributed by atoms with Gasteiger partial charge >= 0.3 is 12.2 Å². The molecule has 1 aromatic carbocycles. The van der Waals surface area contributed by atoms with Crippen molar-refractivity contribution in [2.24, 2.45) is 0 Å². The molecule has 0 radical (unpaired) electrons. The first-order chi connectivity index (χ1) is 13.4. The van der Waals surface area contributed by atoms with E-state index in [0.29, 0.717) is 12.3 Å². The van der Waals surface area contributed by atoms with E-state index >= 15 is 0 Å². The molecule has 0 aliphatic rings. The fourth-order valence-corrected chi connectivity index (χ4v) is 2.87. The molecule has 7 nitrogen and oxygen atoms in total. The molecule has 2 rings (SSSR count). The highest BCUT2D eigenvalue weighted by Crippen LogP contribution is 2.32. The highest BCUT2D eigenvalue weighted by Gasteiger charge is 2.32. The molecule has 29 heavy (non-hydrogen) atoms. The Morgan fingerprint density at radius 3 is 2.21 bits per heavy atom. The molecule has 0 aliphatic heterocycles. The van der Waals surface area contributed by atoms with Gasteiger partial charge in [0.2, 0.25) is 0 Å². The van der Waals surface area contributed by atoms with E-state index in [-0.39, 0.29) is 21.3 Å². The number of pyridine rings is 1. The van der Waals surface area contributed by atoms with E-state index in [0.717, 1.165) is 0 Å². The van der Waals surface area contributed by atoms with Crippen molar-refractivity contribution in [3.05, 3.63) is 56.3 Å². The van der Waals surface area contributed by atoms with Crippen LogP contribution < -0.4 is 16.0 Å². The van der Waals surface area contributed by atoms with Crippen LogP contribution in [0.25, 0.3) is 0 Å². The summed E-state index contributed by atoms with van der Waals surface area (Å²) in [6, 6.07) is 1.85. The van der Waals surface area contributed by atoms with Crippen LogP contribution in [-0.4, -0.2) is 29.9 Å². The minimum atomic E-state index is -4.70. The lowest BCUT2D eigenvalue weighted by atomic mass is 10.1. The quantitative estimate of drug-likeness (QED) is 0.621. The standard InChI is InChI=1S/C16H10Cl3F3N4O3/c1-23-13(27)8-3-7(17)4-10(19)11(8)25-15(29)26-14(28)12-9(18)2-6(5-24-12)16(20,21)22/h2-5H,1H3,(H,23,27)(H2,25,26,28,29). The predicted molar refractivity (Wildman–Crippen MR) is 101 cm³/mol. The van der Waals surface area contributed by atoms with E-state index in [1.165, 1.54) is 19.2 Å². The SMILES string of the molecule is CNC(=O)c1cc(Cl)cc(Cl)c1NC(=O)NC(=O)c1ncc(C(F)(F)F)cc1Cl. The van der Waals surface area contributed by atoms with Crippen molar-refractivity contribution < 1.29 is 27.6 Å². The summed E-state index contributed by atoms with van der Waals surface area (Å²) in [6.45, 7) is 0. The lowest BCUT2D eigenvalue weighted by Gasteiger charge is -2.13. The number of rotatable bonds is 3. The number of hydrogen-bond acceptors (Lipinski definition) is 4. The summed E-state index contributed by atoms with van der Waals surface area (Å²) in [4.78, 5) is 39.5. The van der Waals surface area contributed by atoms with Gasteiger partial charge in [-0.15, -0.1) is 0 Å². The molecular formula is C16H10Cl3F3N4O3. The van der Waals surface area contributed by atoms with Crippen LogP contribution in [0.3, 0.4) is 0 Å². The Labute approximate surface area is 176 Å². The van der Waals surface area contributed by atoms with Gasteiger partial charge in [-0.3, -0.25) is 14.9 Å². The van der Waals surface area contributed by atoms with Crippen LogP contribution >= 0.6 is 34.8 Å². The summed E-state index contributed by atoms with van der Waals surface area (Å²) >= 11 is 17.5. The molecule has 0 spiro atoms. The van der Waals surface area contributed by atoms with Crippen molar-refractivity contribution in [1.82, 2.24) is 15.6 Å². The molecule has 0 fully saturated rings. The second-order valence-corrected chi connectivity index (χ2v) is 6.60. The van der Waals surface area contributed by atoms with Crippen LogP contribution in [0.1, 0.15) is 26.4 Å². The maximum Gasteiger partial charge on any atom is 0.417 e. The number of urea groups is 1. The number of alkyl halides is 3. The van der Waals surface area contributed by atoms with Gasteiger partial charge in [-0.25, -0.2) is 9.78 Å². The number of hydrogen-bond donors (Lipinski definition) is 3. The maximum atomic E-state index is 12.6. The van der Waals surface area contributed by atoms with Gasteiger partial charge in [-0.1, -0.05) is 34.8 Å². The third-order valence-electron chi connectivity index (χ3n) is 3.38. The molecule has 13 heteroatoms. The van der Waals surface area contributed by atoms with Crippen molar-refractivity contribution in [1.29, 1.82) is 0 Å². The Balaban J connectivity index is 2.22. The molecule has 0 bridgehead atoms. The van der Waals surface area contributed by atoms with Crippen molar-refractivity contribution >= 4 is 58.3 Å². The molecule has 0 saturated carbocycles. The largest absolute Gasteiger partial charge is 0.417 e. The van der Waals surface area contributed by atoms with Gasteiger partial charge in [0.05, 0.1) is 26.9 Å².